The minimum Gasteiger partial charge on any atom is -0.450 e. The van der Waals surface area contributed by atoms with Crippen LogP contribution in [0.2, 0.25) is 0 Å². The zero-order valence-corrected chi connectivity index (χ0v) is 17.5. The third-order valence-electron chi connectivity index (χ3n) is 3.78. The molecule has 7 nitrogen and oxygen atoms in total. The first-order valence-electron chi connectivity index (χ1n) is 8.51. The lowest BCUT2D eigenvalue weighted by Gasteiger charge is -2.35. The van der Waals surface area contributed by atoms with Crippen LogP contribution in [0.25, 0.3) is 0 Å². The van der Waals surface area contributed by atoms with E-state index in [2.05, 4.69) is 27.1 Å². The lowest BCUT2D eigenvalue weighted by atomic mass is 10.3. The summed E-state index contributed by atoms with van der Waals surface area (Å²) in [5.41, 5.74) is 1.95. The molecule has 2 rings (SSSR count). The first-order chi connectivity index (χ1) is 11.6. The molecule has 1 aromatic heterocycles. The van der Waals surface area contributed by atoms with Crippen LogP contribution in [-0.2, 0) is 11.3 Å². The maximum absolute atomic E-state index is 11.8. The fourth-order valence-corrected chi connectivity index (χ4v) is 2.58. The van der Waals surface area contributed by atoms with Gasteiger partial charge < -0.3 is 19.9 Å². The van der Waals surface area contributed by atoms with Crippen molar-refractivity contribution in [1.82, 2.24) is 20.1 Å². The zero-order chi connectivity index (χ0) is 17.4. The second kappa shape index (κ2) is 11.1. The van der Waals surface area contributed by atoms with Crippen molar-refractivity contribution in [3.05, 3.63) is 29.6 Å². The Bertz CT molecular complexity index is 574. The summed E-state index contributed by atoms with van der Waals surface area (Å²) >= 11 is 0. The van der Waals surface area contributed by atoms with E-state index in [-0.39, 0.29) is 30.1 Å². The number of rotatable bonds is 4. The molecule has 1 fully saturated rings. The van der Waals surface area contributed by atoms with Gasteiger partial charge in [0, 0.05) is 38.4 Å². The number of piperazine rings is 1. The predicted molar refractivity (Wildman–Crippen MR) is 109 cm³/mol. The van der Waals surface area contributed by atoms with Crippen LogP contribution in [0.1, 0.15) is 25.2 Å². The van der Waals surface area contributed by atoms with E-state index >= 15 is 0 Å². The highest BCUT2D eigenvalue weighted by molar-refractivity contribution is 14.0. The van der Waals surface area contributed by atoms with Gasteiger partial charge in [0.05, 0.1) is 18.8 Å². The Morgan fingerprint density at radius 2 is 1.92 bits per heavy atom. The number of nitrogens with one attached hydrogen (secondary N) is 1. The van der Waals surface area contributed by atoms with Gasteiger partial charge in [0.2, 0.25) is 0 Å². The summed E-state index contributed by atoms with van der Waals surface area (Å²) < 4.78 is 5.06. The molecular weight excluding hydrogens is 433 g/mol. The van der Waals surface area contributed by atoms with Crippen molar-refractivity contribution in [1.29, 1.82) is 0 Å². The molecule has 1 N–H and O–H groups in total. The van der Waals surface area contributed by atoms with Crippen molar-refractivity contribution in [2.75, 3.05) is 39.3 Å². The van der Waals surface area contributed by atoms with Crippen molar-refractivity contribution < 1.29 is 9.53 Å². The molecule has 2 heterocycles. The van der Waals surface area contributed by atoms with Gasteiger partial charge in [-0.05, 0) is 32.9 Å². The van der Waals surface area contributed by atoms with E-state index in [1.54, 1.807) is 4.90 Å². The minimum atomic E-state index is -0.233. The number of aromatic nitrogens is 1. The fourth-order valence-electron chi connectivity index (χ4n) is 2.58. The monoisotopic (exact) mass is 461 g/mol. The maximum Gasteiger partial charge on any atom is 0.409 e. The highest BCUT2D eigenvalue weighted by atomic mass is 127. The van der Waals surface area contributed by atoms with E-state index in [9.17, 15) is 4.79 Å². The van der Waals surface area contributed by atoms with Gasteiger partial charge in [0.15, 0.2) is 5.96 Å². The molecular formula is C17H28IN5O2. The van der Waals surface area contributed by atoms with E-state index < -0.39 is 0 Å². The van der Waals surface area contributed by atoms with Crippen molar-refractivity contribution in [3.63, 3.8) is 0 Å². The van der Waals surface area contributed by atoms with Gasteiger partial charge in [0.1, 0.15) is 0 Å². The Morgan fingerprint density at radius 3 is 2.52 bits per heavy atom. The second-order valence-corrected chi connectivity index (χ2v) is 5.61. The Balaban J connectivity index is 0.00000312. The molecule has 1 aliphatic heterocycles. The largest absolute Gasteiger partial charge is 0.450 e. The van der Waals surface area contributed by atoms with Gasteiger partial charge >= 0.3 is 6.09 Å². The summed E-state index contributed by atoms with van der Waals surface area (Å²) in [4.78, 5) is 24.9. The van der Waals surface area contributed by atoms with Crippen molar-refractivity contribution in [2.24, 2.45) is 4.99 Å². The molecule has 0 saturated carbocycles. The molecule has 0 aliphatic carbocycles. The van der Waals surface area contributed by atoms with Crippen molar-refractivity contribution >= 4 is 36.0 Å². The van der Waals surface area contributed by atoms with Crippen LogP contribution in [0.4, 0.5) is 4.79 Å². The number of hydrogen-bond donors (Lipinski definition) is 1. The molecule has 0 unspecified atom stereocenters. The third kappa shape index (κ3) is 6.68. The van der Waals surface area contributed by atoms with E-state index in [0.717, 1.165) is 37.0 Å². The smallest absolute Gasteiger partial charge is 0.409 e. The number of pyridine rings is 1. The number of aryl methyl sites for hydroxylation is 1. The molecule has 0 atom stereocenters. The molecule has 1 aromatic rings. The van der Waals surface area contributed by atoms with Crippen LogP contribution in [0.5, 0.6) is 0 Å². The van der Waals surface area contributed by atoms with Gasteiger partial charge in [-0.1, -0.05) is 6.07 Å². The topological polar surface area (TPSA) is 70.1 Å². The standard InChI is InChI=1S/C17H27N5O2.HI/c1-4-18-16(19-13-15-8-6-7-14(3)20-15)21-9-11-22(12-10-21)17(23)24-5-2;/h6-8H,4-5,9-13H2,1-3H3,(H,18,19);1H. The van der Waals surface area contributed by atoms with Gasteiger partial charge in [0.25, 0.3) is 0 Å². The van der Waals surface area contributed by atoms with Crippen LogP contribution in [-0.4, -0.2) is 66.2 Å². The summed E-state index contributed by atoms with van der Waals surface area (Å²) in [6.45, 7) is 10.4. The number of nitrogens with zero attached hydrogens (tertiary/aromatic N) is 4. The number of amides is 1. The summed E-state index contributed by atoms with van der Waals surface area (Å²) in [6, 6.07) is 5.96. The second-order valence-electron chi connectivity index (χ2n) is 5.61. The van der Waals surface area contributed by atoms with Crippen LogP contribution in [0.15, 0.2) is 23.2 Å². The molecule has 1 aliphatic rings. The molecule has 140 valence electrons. The summed E-state index contributed by atoms with van der Waals surface area (Å²) in [5, 5.41) is 3.32. The summed E-state index contributed by atoms with van der Waals surface area (Å²) in [5.74, 6) is 0.865. The quantitative estimate of drug-likeness (QED) is 0.423. The Morgan fingerprint density at radius 1 is 1.24 bits per heavy atom. The molecule has 25 heavy (non-hydrogen) atoms. The number of hydrogen-bond acceptors (Lipinski definition) is 4. The predicted octanol–water partition coefficient (Wildman–Crippen LogP) is 2.25. The highest BCUT2D eigenvalue weighted by Gasteiger charge is 2.23. The Hall–Kier alpha value is -1.58. The van der Waals surface area contributed by atoms with Crippen LogP contribution in [0, 0.1) is 6.92 Å². The van der Waals surface area contributed by atoms with Crippen molar-refractivity contribution in [3.8, 4) is 0 Å². The number of guanidine groups is 1. The maximum atomic E-state index is 11.8. The minimum absolute atomic E-state index is 0. The fraction of sp³-hybridized carbons (Fsp3) is 0.588. The summed E-state index contributed by atoms with van der Waals surface area (Å²) in [7, 11) is 0. The molecule has 1 amide bonds. The molecule has 0 bridgehead atoms. The molecule has 1 saturated heterocycles. The van der Waals surface area contributed by atoms with Crippen LogP contribution < -0.4 is 5.32 Å². The van der Waals surface area contributed by atoms with Crippen LogP contribution in [0.3, 0.4) is 0 Å². The lowest BCUT2D eigenvalue weighted by Crippen LogP contribution is -2.53. The number of ether oxygens (including phenoxy) is 1. The number of carbonyl (C=O) groups excluding carboxylic acids is 1. The average molecular weight is 461 g/mol. The number of halogens is 1. The molecule has 0 spiro atoms. The first-order valence-corrected chi connectivity index (χ1v) is 8.51. The van der Waals surface area contributed by atoms with E-state index in [0.29, 0.717) is 26.2 Å². The SMILES string of the molecule is CCNC(=NCc1cccc(C)n1)N1CCN(C(=O)OCC)CC1.I. The van der Waals surface area contributed by atoms with Gasteiger partial charge in [-0.15, -0.1) is 24.0 Å². The zero-order valence-electron chi connectivity index (χ0n) is 15.2. The Kier molecular flexibility index (Phi) is 9.54. The highest BCUT2D eigenvalue weighted by Crippen LogP contribution is 2.06. The van der Waals surface area contributed by atoms with Crippen LogP contribution >= 0.6 is 24.0 Å². The number of aliphatic imine (C=N–C) groups is 1. The average Bonchev–Trinajstić information content (AvgIpc) is 2.59. The molecule has 0 radical (unpaired) electrons. The Labute approximate surface area is 166 Å². The van der Waals surface area contributed by atoms with E-state index in [4.69, 9.17) is 4.74 Å². The van der Waals surface area contributed by atoms with E-state index in [1.165, 1.54) is 0 Å². The normalized spacial score (nSPS) is 14.8. The van der Waals surface area contributed by atoms with Crippen molar-refractivity contribution in [2.45, 2.75) is 27.3 Å². The van der Waals surface area contributed by atoms with E-state index in [1.807, 2.05) is 32.0 Å². The first kappa shape index (κ1) is 21.5. The van der Waals surface area contributed by atoms with Gasteiger partial charge in [-0.25, -0.2) is 9.79 Å². The number of carbonyl (C=O) groups is 1. The van der Waals surface area contributed by atoms with Gasteiger partial charge in [-0.3, -0.25) is 4.98 Å². The van der Waals surface area contributed by atoms with Gasteiger partial charge in [-0.2, -0.15) is 0 Å². The molecule has 0 aromatic carbocycles. The lowest BCUT2D eigenvalue weighted by molar-refractivity contribution is 0.0914. The molecule has 8 heteroatoms. The summed E-state index contributed by atoms with van der Waals surface area (Å²) in [6.07, 6.45) is -0.233. The third-order valence-corrected chi connectivity index (χ3v) is 3.78.